The lowest BCUT2D eigenvalue weighted by Gasteiger charge is -2.08. The van der Waals surface area contributed by atoms with Crippen LogP contribution in [0.25, 0.3) is 6.08 Å². The Morgan fingerprint density at radius 3 is 2.60 bits per heavy atom. The van der Waals surface area contributed by atoms with Gasteiger partial charge in [-0.05, 0) is 53.6 Å². The van der Waals surface area contributed by atoms with Gasteiger partial charge < -0.3 is 14.2 Å². The van der Waals surface area contributed by atoms with Crippen molar-refractivity contribution in [2.45, 2.75) is 6.61 Å². The number of carbonyl (C=O) groups is 2. The Hall–Kier alpha value is -3.57. The van der Waals surface area contributed by atoms with E-state index in [0.29, 0.717) is 34.3 Å². The van der Waals surface area contributed by atoms with Gasteiger partial charge in [0.1, 0.15) is 18.1 Å². The van der Waals surface area contributed by atoms with Crippen LogP contribution in [0.15, 0.2) is 72.5 Å². The molecule has 0 amide bonds. The minimum atomic E-state index is -0.385. The maximum atomic E-state index is 12.6. The molecule has 0 saturated carbocycles. The SMILES string of the molecule is COC(=O)c1ccc(COc2ccc3c(c2)O/C(=C\c2cccc(Cl)c2)C3=O)cc1. The number of methoxy groups -OCH3 is 1. The smallest absolute Gasteiger partial charge is 0.337 e. The summed E-state index contributed by atoms with van der Waals surface area (Å²) >= 11 is 6.00. The Labute approximate surface area is 178 Å². The third-order valence-electron chi connectivity index (χ3n) is 4.57. The van der Waals surface area contributed by atoms with Crippen LogP contribution in [0.5, 0.6) is 11.5 Å². The van der Waals surface area contributed by atoms with Crippen LogP contribution in [0.2, 0.25) is 5.02 Å². The first-order chi connectivity index (χ1) is 14.5. The molecule has 1 heterocycles. The second kappa shape index (κ2) is 8.43. The number of benzene rings is 3. The van der Waals surface area contributed by atoms with Gasteiger partial charge >= 0.3 is 5.97 Å². The number of allylic oxidation sites excluding steroid dienone is 1. The van der Waals surface area contributed by atoms with Crippen LogP contribution >= 0.6 is 11.6 Å². The van der Waals surface area contributed by atoms with Gasteiger partial charge in [-0.25, -0.2) is 4.79 Å². The Morgan fingerprint density at radius 2 is 1.87 bits per heavy atom. The molecule has 0 atom stereocenters. The van der Waals surface area contributed by atoms with Crippen molar-refractivity contribution in [3.63, 3.8) is 0 Å². The number of rotatable bonds is 5. The van der Waals surface area contributed by atoms with Crippen molar-refractivity contribution in [2.75, 3.05) is 7.11 Å². The number of halogens is 1. The molecule has 1 aliphatic heterocycles. The number of esters is 1. The standard InChI is InChI=1S/C24H17ClO5/c1-28-24(27)17-7-5-15(6-8-17)14-29-19-9-10-20-21(13-19)30-22(23(20)26)12-16-3-2-4-18(25)11-16/h2-13H,14H2,1H3/b22-12-. The van der Waals surface area contributed by atoms with Gasteiger partial charge in [0.15, 0.2) is 5.76 Å². The lowest BCUT2D eigenvalue weighted by Crippen LogP contribution is -2.02. The lowest BCUT2D eigenvalue weighted by molar-refractivity contribution is 0.0600. The number of Topliss-reactive ketones (excluding diaryl/α,β-unsaturated/α-hetero) is 1. The lowest BCUT2D eigenvalue weighted by atomic mass is 10.1. The summed E-state index contributed by atoms with van der Waals surface area (Å²) in [7, 11) is 1.34. The van der Waals surface area contributed by atoms with Crippen LogP contribution in [-0.4, -0.2) is 18.9 Å². The largest absolute Gasteiger partial charge is 0.489 e. The quantitative estimate of drug-likeness (QED) is 0.413. The molecule has 5 nitrogen and oxygen atoms in total. The zero-order valence-electron chi connectivity index (χ0n) is 16.1. The van der Waals surface area contributed by atoms with Gasteiger partial charge in [-0.1, -0.05) is 35.9 Å². The van der Waals surface area contributed by atoms with Crippen molar-refractivity contribution in [1.29, 1.82) is 0 Å². The number of carbonyl (C=O) groups excluding carboxylic acids is 2. The van der Waals surface area contributed by atoms with Crippen molar-refractivity contribution >= 4 is 29.4 Å². The average Bonchev–Trinajstić information content (AvgIpc) is 3.06. The molecule has 0 saturated heterocycles. The van der Waals surface area contributed by atoms with Gasteiger partial charge in [0, 0.05) is 11.1 Å². The maximum absolute atomic E-state index is 12.6. The van der Waals surface area contributed by atoms with Crippen LogP contribution in [0.3, 0.4) is 0 Å². The van der Waals surface area contributed by atoms with E-state index < -0.39 is 0 Å². The summed E-state index contributed by atoms with van der Waals surface area (Å²) in [4.78, 5) is 24.1. The number of ketones is 1. The normalized spacial score (nSPS) is 13.7. The van der Waals surface area contributed by atoms with E-state index in [1.54, 1.807) is 60.7 Å². The molecule has 6 heteroatoms. The topological polar surface area (TPSA) is 61.8 Å². The molecule has 0 aromatic heterocycles. The molecule has 3 aromatic carbocycles. The number of fused-ring (bicyclic) bond motifs is 1. The van der Waals surface area contributed by atoms with Crippen LogP contribution in [0, 0.1) is 0 Å². The Balaban J connectivity index is 1.46. The highest BCUT2D eigenvalue weighted by Gasteiger charge is 2.27. The zero-order valence-corrected chi connectivity index (χ0v) is 16.8. The summed E-state index contributed by atoms with van der Waals surface area (Å²) in [6, 6.07) is 19.2. The summed E-state index contributed by atoms with van der Waals surface area (Å²) in [6.07, 6.45) is 1.66. The first-order valence-corrected chi connectivity index (χ1v) is 9.55. The molecule has 0 N–H and O–H groups in total. The van der Waals surface area contributed by atoms with Crippen molar-refractivity contribution in [2.24, 2.45) is 0 Å². The molecule has 0 spiro atoms. The minimum Gasteiger partial charge on any atom is -0.489 e. The average molecular weight is 421 g/mol. The molecule has 150 valence electrons. The van der Waals surface area contributed by atoms with Crippen LogP contribution < -0.4 is 9.47 Å². The summed E-state index contributed by atoms with van der Waals surface area (Å²) < 4.78 is 16.2. The molecule has 0 unspecified atom stereocenters. The van der Waals surface area contributed by atoms with Gasteiger partial charge in [0.25, 0.3) is 0 Å². The van der Waals surface area contributed by atoms with Crippen LogP contribution in [-0.2, 0) is 11.3 Å². The molecule has 0 fully saturated rings. The van der Waals surface area contributed by atoms with Gasteiger partial charge in [-0.15, -0.1) is 0 Å². The third kappa shape index (κ3) is 4.21. The van der Waals surface area contributed by atoms with Crippen molar-refractivity contribution in [3.8, 4) is 11.5 Å². The van der Waals surface area contributed by atoms with E-state index in [-0.39, 0.29) is 17.5 Å². The first-order valence-electron chi connectivity index (χ1n) is 9.17. The fourth-order valence-corrected chi connectivity index (χ4v) is 3.23. The van der Waals surface area contributed by atoms with E-state index >= 15 is 0 Å². The summed E-state index contributed by atoms with van der Waals surface area (Å²) in [5.74, 6) is 0.691. The Kier molecular flexibility index (Phi) is 5.55. The monoisotopic (exact) mass is 420 g/mol. The number of ether oxygens (including phenoxy) is 3. The van der Waals surface area contributed by atoms with Gasteiger partial charge in [0.2, 0.25) is 5.78 Å². The van der Waals surface area contributed by atoms with Crippen molar-refractivity contribution < 1.29 is 23.8 Å². The highest BCUT2D eigenvalue weighted by molar-refractivity contribution is 6.30. The highest BCUT2D eigenvalue weighted by Crippen LogP contribution is 2.35. The van der Waals surface area contributed by atoms with Crippen LogP contribution in [0.1, 0.15) is 31.8 Å². The second-order valence-electron chi connectivity index (χ2n) is 6.63. The fourth-order valence-electron chi connectivity index (χ4n) is 3.03. The molecule has 0 bridgehead atoms. The molecule has 0 aliphatic carbocycles. The molecular formula is C24H17ClO5. The molecule has 1 aliphatic rings. The fraction of sp³-hybridized carbons (Fsp3) is 0.0833. The molecule has 4 rings (SSSR count). The van der Waals surface area contributed by atoms with Gasteiger partial charge in [-0.2, -0.15) is 0 Å². The second-order valence-corrected chi connectivity index (χ2v) is 7.07. The van der Waals surface area contributed by atoms with E-state index in [9.17, 15) is 9.59 Å². The summed E-state index contributed by atoms with van der Waals surface area (Å²) in [6.45, 7) is 0.305. The minimum absolute atomic E-state index is 0.185. The van der Waals surface area contributed by atoms with Crippen LogP contribution in [0.4, 0.5) is 0 Å². The molecular weight excluding hydrogens is 404 g/mol. The summed E-state index contributed by atoms with van der Waals surface area (Å²) in [5.41, 5.74) is 2.63. The number of hydrogen-bond acceptors (Lipinski definition) is 5. The molecule has 0 radical (unpaired) electrons. The Morgan fingerprint density at radius 1 is 1.07 bits per heavy atom. The molecule has 30 heavy (non-hydrogen) atoms. The third-order valence-corrected chi connectivity index (χ3v) is 4.80. The van der Waals surface area contributed by atoms with Crippen molar-refractivity contribution in [3.05, 3.63) is 99.8 Å². The first kappa shape index (κ1) is 19.7. The van der Waals surface area contributed by atoms with E-state index in [0.717, 1.165) is 11.1 Å². The maximum Gasteiger partial charge on any atom is 0.337 e. The highest BCUT2D eigenvalue weighted by atomic mass is 35.5. The predicted molar refractivity (Wildman–Crippen MR) is 113 cm³/mol. The summed E-state index contributed by atoms with van der Waals surface area (Å²) in [5, 5.41) is 0.586. The van der Waals surface area contributed by atoms with E-state index in [4.69, 9.17) is 21.1 Å². The van der Waals surface area contributed by atoms with E-state index in [1.807, 2.05) is 12.1 Å². The number of hydrogen-bond donors (Lipinski definition) is 0. The van der Waals surface area contributed by atoms with Crippen molar-refractivity contribution in [1.82, 2.24) is 0 Å². The van der Waals surface area contributed by atoms with E-state index in [1.165, 1.54) is 7.11 Å². The Bertz CT molecular complexity index is 1150. The molecule has 3 aromatic rings. The van der Waals surface area contributed by atoms with Gasteiger partial charge in [-0.3, -0.25) is 4.79 Å². The predicted octanol–water partition coefficient (Wildman–Crippen LogP) is 5.32. The van der Waals surface area contributed by atoms with E-state index in [2.05, 4.69) is 4.74 Å². The van der Waals surface area contributed by atoms with Gasteiger partial charge in [0.05, 0.1) is 18.2 Å². The zero-order chi connectivity index (χ0) is 21.1.